The molecule has 8 nitrogen and oxygen atoms in total. The van der Waals surface area contributed by atoms with Gasteiger partial charge in [-0.3, -0.25) is 19.7 Å². The maximum atomic E-state index is 12.6. The number of piperidine rings is 1. The topological polar surface area (TPSA) is 128 Å². The van der Waals surface area contributed by atoms with E-state index in [0.717, 1.165) is 0 Å². The first kappa shape index (κ1) is 14.7. The Kier molecular flexibility index (Phi) is 3.33. The number of rotatable bonds is 2. The molecule has 2 aliphatic rings. The van der Waals surface area contributed by atoms with E-state index < -0.39 is 29.7 Å². The van der Waals surface area contributed by atoms with E-state index in [1.807, 2.05) is 0 Å². The van der Waals surface area contributed by atoms with Crippen molar-refractivity contribution in [3.63, 3.8) is 0 Å². The van der Waals surface area contributed by atoms with Crippen LogP contribution in [0.4, 0.5) is 0 Å². The lowest BCUT2D eigenvalue weighted by molar-refractivity contribution is -0.136. The number of carboxylic acids is 1. The molecule has 0 saturated carbocycles. The average molecular weight is 313 g/mol. The second kappa shape index (κ2) is 5.21. The molecular weight excluding hydrogens is 302 g/mol. The number of benzene rings is 1. The zero-order chi connectivity index (χ0) is 16.7. The van der Waals surface area contributed by atoms with Crippen LogP contribution in [-0.2, 0) is 16.1 Å². The number of fused-ring (bicyclic) bond motifs is 1. The first-order chi connectivity index (χ1) is 10.9. The van der Waals surface area contributed by atoms with Crippen LogP contribution in [0.25, 0.3) is 0 Å². The molecule has 0 bridgehead atoms. The van der Waals surface area contributed by atoms with Gasteiger partial charge in [-0.25, -0.2) is 4.79 Å². The van der Waals surface area contributed by atoms with E-state index in [1.165, 1.54) is 17.0 Å². The summed E-state index contributed by atoms with van der Waals surface area (Å²) in [5.74, 6) is -2.94. The van der Waals surface area contributed by atoms with Gasteiger partial charge in [0.15, 0.2) is 0 Å². The standard InChI is InChI=1S/C15H11N3O5/c16-5-7-1-2-8-6-18(9-3-4-10(19)17-13(9)20)14(21)11(8)12(7)15(22)23/h1-2,9H,3-4,6H2,(H,22,23)(H,17,19,20). The zero-order valence-corrected chi connectivity index (χ0v) is 11.8. The first-order valence-electron chi connectivity index (χ1n) is 6.88. The summed E-state index contributed by atoms with van der Waals surface area (Å²) in [7, 11) is 0. The molecule has 1 atom stereocenters. The van der Waals surface area contributed by atoms with Crippen molar-refractivity contribution in [3.05, 3.63) is 34.4 Å². The highest BCUT2D eigenvalue weighted by atomic mass is 16.4. The molecule has 0 radical (unpaired) electrons. The van der Waals surface area contributed by atoms with Gasteiger partial charge in [-0.15, -0.1) is 0 Å². The number of nitriles is 1. The highest BCUT2D eigenvalue weighted by Gasteiger charge is 2.41. The summed E-state index contributed by atoms with van der Waals surface area (Å²) >= 11 is 0. The number of imide groups is 1. The predicted octanol–water partition coefficient (Wildman–Crippen LogP) is 0.0175. The number of hydrogen-bond donors (Lipinski definition) is 2. The molecule has 3 rings (SSSR count). The summed E-state index contributed by atoms with van der Waals surface area (Å²) in [6.07, 6.45) is 0.309. The lowest BCUT2D eigenvalue weighted by atomic mass is 9.98. The van der Waals surface area contributed by atoms with Gasteiger partial charge in [-0.1, -0.05) is 6.07 Å². The molecule has 1 saturated heterocycles. The van der Waals surface area contributed by atoms with Crippen LogP contribution in [0.1, 0.15) is 44.7 Å². The molecule has 2 aliphatic heterocycles. The highest BCUT2D eigenvalue weighted by Crippen LogP contribution is 2.31. The fraction of sp³-hybridized carbons (Fsp3) is 0.267. The van der Waals surface area contributed by atoms with Crippen LogP contribution >= 0.6 is 0 Å². The Bertz CT molecular complexity index is 808. The van der Waals surface area contributed by atoms with Crippen molar-refractivity contribution >= 4 is 23.7 Å². The largest absolute Gasteiger partial charge is 0.478 e. The summed E-state index contributed by atoms with van der Waals surface area (Å²) in [5, 5.41) is 20.5. The highest BCUT2D eigenvalue weighted by molar-refractivity contribution is 6.11. The Hall–Kier alpha value is -3.21. The second-order valence-electron chi connectivity index (χ2n) is 5.34. The van der Waals surface area contributed by atoms with E-state index in [2.05, 4.69) is 5.32 Å². The lowest BCUT2D eigenvalue weighted by Crippen LogP contribution is -2.52. The molecular formula is C15H11N3O5. The molecule has 1 unspecified atom stereocenters. The van der Waals surface area contributed by atoms with Gasteiger partial charge < -0.3 is 10.0 Å². The van der Waals surface area contributed by atoms with E-state index in [0.29, 0.717) is 5.56 Å². The summed E-state index contributed by atoms with van der Waals surface area (Å²) < 4.78 is 0. The number of aromatic carboxylic acids is 1. The number of nitrogens with one attached hydrogen (secondary N) is 1. The maximum Gasteiger partial charge on any atom is 0.337 e. The third-order valence-electron chi connectivity index (χ3n) is 4.03. The van der Waals surface area contributed by atoms with Crippen molar-refractivity contribution in [2.45, 2.75) is 25.4 Å². The molecule has 1 aromatic rings. The number of carbonyl (C=O) groups excluding carboxylic acids is 3. The Morgan fingerprint density at radius 2 is 2.09 bits per heavy atom. The van der Waals surface area contributed by atoms with E-state index in [9.17, 15) is 24.3 Å². The van der Waals surface area contributed by atoms with Crippen molar-refractivity contribution in [1.82, 2.24) is 10.2 Å². The van der Waals surface area contributed by atoms with Crippen molar-refractivity contribution in [3.8, 4) is 6.07 Å². The second-order valence-corrected chi connectivity index (χ2v) is 5.34. The molecule has 116 valence electrons. The Balaban J connectivity index is 2.02. The fourth-order valence-electron chi connectivity index (χ4n) is 2.97. The van der Waals surface area contributed by atoms with Crippen LogP contribution in [0.3, 0.4) is 0 Å². The van der Waals surface area contributed by atoms with Gasteiger partial charge >= 0.3 is 5.97 Å². The third kappa shape index (κ3) is 2.23. The van der Waals surface area contributed by atoms with Gasteiger partial charge in [0.05, 0.1) is 16.7 Å². The average Bonchev–Trinajstić information content (AvgIpc) is 2.83. The normalized spacial score (nSPS) is 20.0. The van der Waals surface area contributed by atoms with E-state index in [1.54, 1.807) is 6.07 Å². The Morgan fingerprint density at radius 1 is 1.35 bits per heavy atom. The molecule has 0 aliphatic carbocycles. The summed E-state index contributed by atoms with van der Waals surface area (Å²) in [5.41, 5.74) is -0.0446. The van der Waals surface area contributed by atoms with E-state index in [4.69, 9.17) is 5.26 Å². The van der Waals surface area contributed by atoms with Crippen molar-refractivity contribution in [2.75, 3.05) is 0 Å². The van der Waals surface area contributed by atoms with Gasteiger partial charge in [-0.05, 0) is 18.1 Å². The predicted molar refractivity (Wildman–Crippen MR) is 74.2 cm³/mol. The van der Waals surface area contributed by atoms with Crippen LogP contribution < -0.4 is 5.32 Å². The van der Waals surface area contributed by atoms with Crippen LogP contribution in [0, 0.1) is 11.3 Å². The fourth-order valence-corrected chi connectivity index (χ4v) is 2.97. The van der Waals surface area contributed by atoms with Crippen LogP contribution in [0.5, 0.6) is 0 Å². The number of hydrogen-bond acceptors (Lipinski definition) is 5. The van der Waals surface area contributed by atoms with Crippen LogP contribution in [0.15, 0.2) is 12.1 Å². The van der Waals surface area contributed by atoms with Gasteiger partial charge in [0.1, 0.15) is 12.1 Å². The summed E-state index contributed by atoms with van der Waals surface area (Å²) in [4.78, 5) is 48.4. The monoisotopic (exact) mass is 313 g/mol. The third-order valence-corrected chi connectivity index (χ3v) is 4.03. The minimum atomic E-state index is -1.36. The Morgan fingerprint density at radius 3 is 2.70 bits per heavy atom. The molecule has 2 N–H and O–H groups in total. The number of carbonyl (C=O) groups is 4. The number of nitrogens with zero attached hydrogens (tertiary/aromatic N) is 2. The molecule has 0 aromatic heterocycles. The SMILES string of the molecule is N#Cc1ccc2c(c1C(=O)O)C(=O)N(C1CCC(=O)NC1=O)C2. The molecule has 2 heterocycles. The lowest BCUT2D eigenvalue weighted by Gasteiger charge is -2.29. The van der Waals surface area contributed by atoms with Gasteiger partial charge in [0, 0.05) is 13.0 Å². The molecule has 8 heteroatoms. The first-order valence-corrected chi connectivity index (χ1v) is 6.88. The smallest absolute Gasteiger partial charge is 0.337 e. The molecule has 3 amide bonds. The molecule has 0 spiro atoms. The van der Waals surface area contributed by atoms with E-state index >= 15 is 0 Å². The van der Waals surface area contributed by atoms with Crippen LogP contribution in [-0.4, -0.2) is 39.7 Å². The van der Waals surface area contributed by atoms with Crippen LogP contribution in [0.2, 0.25) is 0 Å². The van der Waals surface area contributed by atoms with Gasteiger partial charge in [0.25, 0.3) is 5.91 Å². The van der Waals surface area contributed by atoms with E-state index in [-0.39, 0.29) is 36.1 Å². The van der Waals surface area contributed by atoms with Gasteiger partial charge in [0.2, 0.25) is 11.8 Å². The molecule has 23 heavy (non-hydrogen) atoms. The quantitative estimate of drug-likeness (QED) is 0.741. The minimum absolute atomic E-state index is 0.0544. The summed E-state index contributed by atoms with van der Waals surface area (Å²) in [6, 6.07) is 3.81. The molecule has 1 fully saturated rings. The Labute approximate surface area is 130 Å². The van der Waals surface area contributed by atoms with Crippen molar-refractivity contribution in [2.24, 2.45) is 0 Å². The maximum absolute atomic E-state index is 12.6. The zero-order valence-electron chi connectivity index (χ0n) is 11.8. The van der Waals surface area contributed by atoms with Gasteiger partial charge in [-0.2, -0.15) is 5.26 Å². The minimum Gasteiger partial charge on any atom is -0.478 e. The van der Waals surface area contributed by atoms with Crippen molar-refractivity contribution < 1.29 is 24.3 Å². The number of amides is 3. The van der Waals surface area contributed by atoms with Crippen molar-refractivity contribution in [1.29, 1.82) is 5.26 Å². The summed E-state index contributed by atoms with van der Waals surface area (Å²) in [6.45, 7) is 0.0758. The number of carboxylic acid groups (broad SMARTS) is 1. The molecule has 1 aromatic carbocycles.